The number of amides is 2. The van der Waals surface area contributed by atoms with Crippen molar-refractivity contribution in [2.45, 2.75) is 38.8 Å². The van der Waals surface area contributed by atoms with Gasteiger partial charge in [-0.15, -0.1) is 0 Å². The van der Waals surface area contributed by atoms with E-state index in [1.54, 1.807) is 36.1 Å². The lowest BCUT2D eigenvalue weighted by Crippen LogP contribution is -2.49. The van der Waals surface area contributed by atoms with Gasteiger partial charge in [0.2, 0.25) is 5.91 Å². The molecule has 0 saturated carbocycles. The number of anilines is 4. The third kappa shape index (κ3) is 4.11. The molecule has 2 heterocycles. The predicted molar refractivity (Wildman–Crippen MR) is 130 cm³/mol. The summed E-state index contributed by atoms with van der Waals surface area (Å²) in [5.74, 6) is 0.583. The van der Waals surface area contributed by atoms with Gasteiger partial charge in [0.25, 0.3) is 5.91 Å². The minimum atomic E-state index is -0.324. The Hall–Kier alpha value is -3.26. The standard InChI is InChI=1S/C25H32N4O4/c1-15-19(8-9-21-23(15)27(3)16(2)24(31)28(21)4)26-20-7-6-17(14-22(20)33-5)25(32)29-12-10-18(30)11-13-29/h6-9,14,16,18,26,30H,10-13H2,1-5H3/t16-/m1/s1. The van der Waals surface area contributed by atoms with Crippen LogP contribution in [0.5, 0.6) is 5.75 Å². The molecular formula is C25H32N4O4. The lowest BCUT2D eigenvalue weighted by molar-refractivity contribution is -0.119. The summed E-state index contributed by atoms with van der Waals surface area (Å²) in [6.45, 7) is 5.05. The van der Waals surface area contributed by atoms with Crippen LogP contribution in [0.1, 0.15) is 35.7 Å². The first kappa shape index (κ1) is 22.9. The Morgan fingerprint density at radius 2 is 1.79 bits per heavy atom. The molecular weight excluding hydrogens is 420 g/mol. The van der Waals surface area contributed by atoms with E-state index in [0.29, 0.717) is 37.2 Å². The first-order valence-corrected chi connectivity index (χ1v) is 11.3. The summed E-state index contributed by atoms with van der Waals surface area (Å²) in [7, 11) is 5.33. The molecule has 4 rings (SSSR count). The number of nitrogens with one attached hydrogen (secondary N) is 1. The number of aliphatic hydroxyl groups is 1. The van der Waals surface area contributed by atoms with Crippen LogP contribution >= 0.6 is 0 Å². The van der Waals surface area contributed by atoms with Crippen LogP contribution < -0.4 is 19.9 Å². The average molecular weight is 453 g/mol. The fourth-order valence-electron chi connectivity index (χ4n) is 4.62. The van der Waals surface area contributed by atoms with Gasteiger partial charge in [-0.1, -0.05) is 0 Å². The zero-order valence-corrected chi connectivity index (χ0v) is 19.9. The van der Waals surface area contributed by atoms with Gasteiger partial charge in [0.15, 0.2) is 0 Å². The van der Waals surface area contributed by atoms with Crippen molar-refractivity contribution in [2.75, 3.05) is 49.4 Å². The Balaban J connectivity index is 1.61. The molecule has 2 aromatic carbocycles. The van der Waals surface area contributed by atoms with E-state index in [9.17, 15) is 14.7 Å². The summed E-state index contributed by atoms with van der Waals surface area (Å²) >= 11 is 0. The highest BCUT2D eigenvalue weighted by Gasteiger charge is 2.33. The van der Waals surface area contributed by atoms with Crippen molar-refractivity contribution in [3.63, 3.8) is 0 Å². The molecule has 33 heavy (non-hydrogen) atoms. The number of likely N-dealkylation sites (tertiary alicyclic amines) is 1. The molecule has 2 N–H and O–H groups in total. The number of piperidine rings is 1. The van der Waals surface area contributed by atoms with Gasteiger partial charge in [-0.2, -0.15) is 0 Å². The number of hydrogen-bond donors (Lipinski definition) is 2. The summed E-state index contributed by atoms with van der Waals surface area (Å²) < 4.78 is 5.60. The Kier molecular flexibility index (Phi) is 6.21. The lowest BCUT2D eigenvalue weighted by Gasteiger charge is -2.39. The van der Waals surface area contributed by atoms with Crippen LogP contribution in [0.4, 0.5) is 22.7 Å². The van der Waals surface area contributed by atoms with Crippen molar-refractivity contribution in [3.8, 4) is 5.75 Å². The quantitative estimate of drug-likeness (QED) is 0.741. The number of rotatable bonds is 4. The fourth-order valence-corrected chi connectivity index (χ4v) is 4.62. The number of likely N-dealkylation sites (N-methyl/N-ethyl adjacent to an activating group) is 2. The van der Waals surface area contributed by atoms with Gasteiger partial charge < -0.3 is 29.9 Å². The van der Waals surface area contributed by atoms with E-state index < -0.39 is 0 Å². The van der Waals surface area contributed by atoms with Crippen LogP contribution in [0.15, 0.2) is 30.3 Å². The van der Waals surface area contributed by atoms with E-state index in [1.807, 2.05) is 44.0 Å². The molecule has 2 aromatic rings. The minimum Gasteiger partial charge on any atom is -0.495 e. The second-order valence-corrected chi connectivity index (χ2v) is 8.85. The second kappa shape index (κ2) is 8.94. The lowest BCUT2D eigenvalue weighted by atomic mass is 10.0. The summed E-state index contributed by atoms with van der Waals surface area (Å²) in [5.41, 5.74) is 5.12. The second-order valence-electron chi connectivity index (χ2n) is 8.85. The van der Waals surface area contributed by atoms with Crippen molar-refractivity contribution >= 4 is 34.6 Å². The van der Waals surface area contributed by atoms with Crippen LogP contribution in [0.3, 0.4) is 0 Å². The number of methoxy groups -OCH3 is 1. The molecule has 1 atom stereocenters. The predicted octanol–water partition coefficient (Wildman–Crippen LogP) is 3.15. The number of carbonyl (C=O) groups is 2. The molecule has 2 aliphatic heterocycles. The molecule has 176 valence electrons. The van der Waals surface area contributed by atoms with Gasteiger partial charge in [-0.3, -0.25) is 9.59 Å². The third-order valence-corrected chi connectivity index (χ3v) is 6.86. The summed E-state index contributed by atoms with van der Waals surface area (Å²) in [6, 6.07) is 9.06. The van der Waals surface area contributed by atoms with Gasteiger partial charge >= 0.3 is 0 Å². The zero-order chi connectivity index (χ0) is 23.9. The van der Waals surface area contributed by atoms with Gasteiger partial charge in [0.1, 0.15) is 11.8 Å². The number of ether oxygens (including phenoxy) is 1. The first-order valence-electron chi connectivity index (χ1n) is 11.3. The Labute approximate surface area is 194 Å². The van der Waals surface area contributed by atoms with E-state index in [1.165, 1.54) is 0 Å². The molecule has 0 bridgehead atoms. The van der Waals surface area contributed by atoms with Crippen LogP contribution in [-0.4, -0.2) is 68.3 Å². The number of benzene rings is 2. The molecule has 0 spiro atoms. The highest BCUT2D eigenvalue weighted by molar-refractivity contribution is 6.06. The summed E-state index contributed by atoms with van der Waals surface area (Å²) in [5, 5.41) is 13.1. The number of hydrogen-bond acceptors (Lipinski definition) is 6. The molecule has 1 saturated heterocycles. The van der Waals surface area contributed by atoms with E-state index >= 15 is 0 Å². The van der Waals surface area contributed by atoms with Crippen molar-refractivity contribution in [1.29, 1.82) is 0 Å². The number of aliphatic hydroxyl groups excluding tert-OH is 1. The highest BCUT2D eigenvalue weighted by Crippen LogP contribution is 2.42. The van der Waals surface area contributed by atoms with Crippen LogP contribution in [0.25, 0.3) is 0 Å². The first-order chi connectivity index (χ1) is 15.7. The normalized spacial score (nSPS) is 18.9. The maximum absolute atomic E-state index is 12.9. The van der Waals surface area contributed by atoms with E-state index in [0.717, 1.165) is 28.3 Å². The topological polar surface area (TPSA) is 85.3 Å². The van der Waals surface area contributed by atoms with Crippen molar-refractivity contribution in [2.24, 2.45) is 0 Å². The monoisotopic (exact) mass is 452 g/mol. The molecule has 0 aromatic heterocycles. The van der Waals surface area contributed by atoms with E-state index in [4.69, 9.17) is 4.74 Å². The Morgan fingerprint density at radius 1 is 1.12 bits per heavy atom. The maximum Gasteiger partial charge on any atom is 0.253 e. The summed E-state index contributed by atoms with van der Waals surface area (Å²) in [6.07, 6.45) is 0.886. The average Bonchev–Trinajstić information content (AvgIpc) is 2.82. The van der Waals surface area contributed by atoms with Crippen molar-refractivity contribution in [1.82, 2.24) is 4.90 Å². The Morgan fingerprint density at radius 3 is 2.45 bits per heavy atom. The zero-order valence-electron chi connectivity index (χ0n) is 19.9. The van der Waals surface area contributed by atoms with Crippen molar-refractivity contribution < 1.29 is 19.4 Å². The number of fused-ring (bicyclic) bond motifs is 1. The van der Waals surface area contributed by atoms with Crippen LogP contribution in [-0.2, 0) is 4.79 Å². The van der Waals surface area contributed by atoms with Crippen molar-refractivity contribution in [3.05, 3.63) is 41.5 Å². The molecule has 1 fully saturated rings. The van der Waals surface area contributed by atoms with Gasteiger partial charge in [0.05, 0.1) is 30.3 Å². The van der Waals surface area contributed by atoms with Crippen LogP contribution in [0.2, 0.25) is 0 Å². The Bertz CT molecular complexity index is 1080. The highest BCUT2D eigenvalue weighted by atomic mass is 16.5. The van der Waals surface area contributed by atoms with E-state index in [-0.39, 0.29) is 24.0 Å². The molecule has 0 aliphatic carbocycles. The summed E-state index contributed by atoms with van der Waals surface area (Å²) in [4.78, 5) is 30.9. The molecule has 0 unspecified atom stereocenters. The molecule has 0 radical (unpaired) electrons. The number of nitrogens with zero attached hydrogens (tertiary/aromatic N) is 3. The van der Waals surface area contributed by atoms with Gasteiger partial charge in [-0.25, -0.2) is 0 Å². The minimum absolute atomic E-state index is 0.0555. The molecule has 8 heteroatoms. The van der Waals surface area contributed by atoms with Gasteiger partial charge in [-0.05, 0) is 62.6 Å². The molecule has 2 amide bonds. The van der Waals surface area contributed by atoms with Gasteiger partial charge in [0, 0.05) is 38.4 Å². The maximum atomic E-state index is 12.9. The largest absolute Gasteiger partial charge is 0.495 e. The SMILES string of the molecule is COc1cc(C(=O)N2CCC(O)CC2)ccc1Nc1ccc2c(c1C)N(C)[C@H](C)C(=O)N2C. The van der Waals surface area contributed by atoms with E-state index in [2.05, 4.69) is 5.32 Å². The fraction of sp³-hybridized carbons (Fsp3) is 0.440. The number of carbonyl (C=O) groups excluding carboxylic acids is 2. The molecule has 8 nitrogen and oxygen atoms in total. The smallest absolute Gasteiger partial charge is 0.253 e. The van der Waals surface area contributed by atoms with Crippen LogP contribution in [0, 0.1) is 6.92 Å². The molecule has 2 aliphatic rings. The third-order valence-electron chi connectivity index (χ3n) is 6.86.